The summed E-state index contributed by atoms with van der Waals surface area (Å²) < 4.78 is 10.3. The Balaban J connectivity index is 1.72. The standard InChI is InChI=1S/C21H24N2O5/c1-27-17-7-3-15(4-8-17)11-22-13-20(25)23(19(14-24)21(22)26)12-16-5-9-18(28-2)10-6-16/h3-10,19,24H,11-14H2,1-2H3/t19-/m0/s1. The van der Waals surface area contributed by atoms with Crippen LogP contribution in [-0.2, 0) is 22.7 Å². The van der Waals surface area contributed by atoms with Gasteiger partial charge in [0.1, 0.15) is 24.1 Å². The van der Waals surface area contributed by atoms with Gasteiger partial charge in [-0.3, -0.25) is 9.59 Å². The number of methoxy groups -OCH3 is 2. The van der Waals surface area contributed by atoms with Gasteiger partial charge in [0.25, 0.3) is 0 Å². The molecule has 2 aromatic rings. The van der Waals surface area contributed by atoms with Crippen molar-refractivity contribution >= 4 is 11.8 Å². The van der Waals surface area contributed by atoms with Crippen molar-refractivity contribution in [2.45, 2.75) is 19.1 Å². The van der Waals surface area contributed by atoms with Crippen molar-refractivity contribution in [2.24, 2.45) is 0 Å². The molecule has 0 saturated carbocycles. The Morgan fingerprint density at radius 2 is 1.39 bits per heavy atom. The molecule has 2 aromatic carbocycles. The van der Waals surface area contributed by atoms with Gasteiger partial charge in [0.05, 0.1) is 20.8 Å². The Bertz CT molecular complexity index is 820. The highest BCUT2D eigenvalue weighted by molar-refractivity contribution is 5.95. The lowest BCUT2D eigenvalue weighted by atomic mass is 10.1. The van der Waals surface area contributed by atoms with E-state index in [1.54, 1.807) is 26.4 Å². The van der Waals surface area contributed by atoms with Crippen LogP contribution in [0.1, 0.15) is 11.1 Å². The second kappa shape index (κ2) is 8.75. The molecule has 1 aliphatic heterocycles. The third-order valence-corrected chi connectivity index (χ3v) is 4.84. The number of benzene rings is 2. The quantitative estimate of drug-likeness (QED) is 0.781. The largest absolute Gasteiger partial charge is 0.497 e. The van der Waals surface area contributed by atoms with Crippen molar-refractivity contribution in [3.8, 4) is 11.5 Å². The summed E-state index contributed by atoms with van der Waals surface area (Å²) in [5.74, 6) is 0.993. The number of piperazine rings is 1. The molecule has 148 valence electrons. The minimum absolute atomic E-state index is 0.0164. The molecule has 0 unspecified atom stereocenters. The highest BCUT2D eigenvalue weighted by Gasteiger charge is 2.38. The van der Waals surface area contributed by atoms with Crippen LogP contribution in [0.15, 0.2) is 48.5 Å². The van der Waals surface area contributed by atoms with Crippen LogP contribution in [0.2, 0.25) is 0 Å². The molecule has 7 heteroatoms. The second-order valence-electron chi connectivity index (χ2n) is 6.61. The van der Waals surface area contributed by atoms with Gasteiger partial charge in [0, 0.05) is 13.1 Å². The number of nitrogens with zero attached hydrogens (tertiary/aromatic N) is 2. The van der Waals surface area contributed by atoms with E-state index in [2.05, 4.69) is 0 Å². The number of hydrogen-bond donors (Lipinski definition) is 1. The third kappa shape index (κ3) is 4.26. The number of rotatable bonds is 7. The molecule has 1 heterocycles. The average Bonchev–Trinajstić information content (AvgIpc) is 2.73. The first-order chi connectivity index (χ1) is 13.5. The maximum absolute atomic E-state index is 12.9. The van der Waals surface area contributed by atoms with Gasteiger partial charge in [0.2, 0.25) is 11.8 Å². The van der Waals surface area contributed by atoms with Crippen LogP contribution in [0, 0.1) is 0 Å². The zero-order chi connectivity index (χ0) is 20.1. The first-order valence-electron chi connectivity index (χ1n) is 9.00. The molecule has 0 aliphatic carbocycles. The summed E-state index contributed by atoms with van der Waals surface area (Å²) in [5.41, 5.74) is 1.76. The van der Waals surface area contributed by atoms with E-state index >= 15 is 0 Å². The van der Waals surface area contributed by atoms with Crippen molar-refractivity contribution < 1.29 is 24.2 Å². The lowest BCUT2D eigenvalue weighted by Gasteiger charge is -2.39. The molecule has 3 rings (SSSR count). The lowest BCUT2D eigenvalue weighted by Crippen LogP contribution is -2.60. The maximum Gasteiger partial charge on any atom is 0.248 e. The summed E-state index contributed by atoms with van der Waals surface area (Å²) >= 11 is 0. The highest BCUT2D eigenvalue weighted by atomic mass is 16.5. The predicted molar refractivity (Wildman–Crippen MR) is 103 cm³/mol. The van der Waals surface area contributed by atoms with Gasteiger partial charge in [-0.25, -0.2) is 0 Å². The summed E-state index contributed by atoms with van der Waals surface area (Å²) in [5, 5.41) is 9.78. The first-order valence-corrected chi connectivity index (χ1v) is 9.00. The van der Waals surface area contributed by atoms with Crippen LogP contribution in [-0.4, -0.2) is 60.1 Å². The topological polar surface area (TPSA) is 79.3 Å². The van der Waals surface area contributed by atoms with Crippen molar-refractivity contribution in [1.29, 1.82) is 0 Å². The van der Waals surface area contributed by atoms with E-state index in [0.717, 1.165) is 16.9 Å². The lowest BCUT2D eigenvalue weighted by molar-refractivity contribution is -0.158. The SMILES string of the molecule is COc1ccc(CN2CC(=O)N(Cc3ccc(OC)cc3)[C@@H](CO)C2=O)cc1. The number of aliphatic hydroxyl groups excluding tert-OH is 1. The van der Waals surface area contributed by atoms with Crippen LogP contribution in [0.5, 0.6) is 11.5 Å². The number of hydrogen-bond acceptors (Lipinski definition) is 5. The van der Waals surface area contributed by atoms with Gasteiger partial charge in [-0.15, -0.1) is 0 Å². The van der Waals surface area contributed by atoms with Crippen LogP contribution in [0.4, 0.5) is 0 Å². The fourth-order valence-corrected chi connectivity index (χ4v) is 3.24. The fourth-order valence-electron chi connectivity index (χ4n) is 3.24. The van der Waals surface area contributed by atoms with E-state index < -0.39 is 12.6 Å². The molecular formula is C21H24N2O5. The molecule has 1 fully saturated rings. The minimum atomic E-state index is -0.887. The number of carbonyl (C=O) groups excluding carboxylic acids is 2. The van der Waals surface area contributed by atoms with Gasteiger partial charge in [-0.2, -0.15) is 0 Å². The van der Waals surface area contributed by atoms with Gasteiger partial charge < -0.3 is 24.4 Å². The highest BCUT2D eigenvalue weighted by Crippen LogP contribution is 2.21. The van der Waals surface area contributed by atoms with Crippen molar-refractivity contribution in [1.82, 2.24) is 9.80 Å². The number of carbonyl (C=O) groups is 2. The number of amides is 2. The molecule has 1 N–H and O–H groups in total. The first kappa shape index (κ1) is 19.7. The van der Waals surface area contributed by atoms with Gasteiger partial charge in [-0.05, 0) is 35.4 Å². The number of aliphatic hydroxyl groups is 1. The van der Waals surface area contributed by atoms with Crippen LogP contribution >= 0.6 is 0 Å². The van der Waals surface area contributed by atoms with Gasteiger partial charge in [0.15, 0.2) is 0 Å². The molecule has 1 saturated heterocycles. The zero-order valence-electron chi connectivity index (χ0n) is 16.0. The van der Waals surface area contributed by atoms with E-state index in [-0.39, 0.29) is 24.9 Å². The second-order valence-corrected chi connectivity index (χ2v) is 6.61. The Labute approximate surface area is 164 Å². The van der Waals surface area contributed by atoms with E-state index in [1.165, 1.54) is 9.80 Å². The van der Waals surface area contributed by atoms with E-state index in [4.69, 9.17) is 9.47 Å². The molecule has 28 heavy (non-hydrogen) atoms. The third-order valence-electron chi connectivity index (χ3n) is 4.84. The summed E-state index contributed by atoms with van der Waals surface area (Å²) in [4.78, 5) is 28.5. The van der Waals surface area contributed by atoms with Crippen LogP contribution in [0.25, 0.3) is 0 Å². The smallest absolute Gasteiger partial charge is 0.248 e. The monoisotopic (exact) mass is 384 g/mol. The minimum Gasteiger partial charge on any atom is -0.497 e. The van der Waals surface area contributed by atoms with Gasteiger partial charge >= 0.3 is 0 Å². The summed E-state index contributed by atoms with van der Waals surface area (Å²) in [6.07, 6.45) is 0. The molecule has 0 radical (unpaired) electrons. The molecule has 1 atom stereocenters. The predicted octanol–water partition coefficient (Wildman–Crippen LogP) is 1.44. The normalized spacial score (nSPS) is 17.0. The summed E-state index contributed by atoms with van der Waals surface area (Å²) in [6, 6.07) is 13.7. The number of ether oxygens (including phenoxy) is 2. The molecular weight excluding hydrogens is 360 g/mol. The average molecular weight is 384 g/mol. The molecule has 1 aliphatic rings. The summed E-state index contributed by atoms with van der Waals surface area (Å²) in [6.45, 7) is 0.134. The van der Waals surface area contributed by atoms with Crippen LogP contribution < -0.4 is 9.47 Å². The molecule has 7 nitrogen and oxygen atoms in total. The van der Waals surface area contributed by atoms with Crippen molar-refractivity contribution in [3.63, 3.8) is 0 Å². The molecule has 0 bridgehead atoms. The zero-order valence-corrected chi connectivity index (χ0v) is 16.0. The molecule has 2 amide bonds. The van der Waals surface area contributed by atoms with E-state index in [9.17, 15) is 14.7 Å². The Kier molecular flexibility index (Phi) is 6.16. The van der Waals surface area contributed by atoms with Crippen molar-refractivity contribution in [3.05, 3.63) is 59.7 Å². The van der Waals surface area contributed by atoms with E-state index in [1.807, 2.05) is 36.4 Å². The maximum atomic E-state index is 12.9. The fraction of sp³-hybridized carbons (Fsp3) is 0.333. The van der Waals surface area contributed by atoms with Crippen LogP contribution in [0.3, 0.4) is 0 Å². The van der Waals surface area contributed by atoms with Crippen molar-refractivity contribution in [2.75, 3.05) is 27.4 Å². The Hall–Kier alpha value is -3.06. The Morgan fingerprint density at radius 3 is 1.86 bits per heavy atom. The van der Waals surface area contributed by atoms with E-state index in [0.29, 0.717) is 12.3 Å². The Morgan fingerprint density at radius 1 is 0.893 bits per heavy atom. The molecule has 0 spiro atoms. The summed E-state index contributed by atoms with van der Waals surface area (Å²) in [7, 11) is 3.17. The van der Waals surface area contributed by atoms with Gasteiger partial charge in [-0.1, -0.05) is 24.3 Å². The molecule has 0 aromatic heterocycles.